The van der Waals surface area contributed by atoms with Crippen molar-refractivity contribution in [3.8, 4) is 0 Å². The molecule has 0 aromatic heterocycles. The number of ketones is 1. The standard InChI is InChI=1S/C23H34F3NO3/c1-12(28)16-6-7-17-15-5-4-13-10-14(27-20(30)23(24,25)26)11-19(29)22(13,3)18(15)8-9-21(16,17)2/h13-19,29H,4-11H2,1-3H3,(H,27,30)/t13?,14?,15-,16+,17-,18-,19?,21+,22-/m0/s1. The summed E-state index contributed by atoms with van der Waals surface area (Å²) < 4.78 is 38.0. The summed E-state index contributed by atoms with van der Waals surface area (Å²) in [4.78, 5) is 23.7. The van der Waals surface area contributed by atoms with Crippen LogP contribution in [0.3, 0.4) is 0 Å². The SMILES string of the molecule is CC(=O)[C@H]1CC[C@H]2[C@@H]3CCC4CC(NC(=O)C(F)(F)F)CC(O)[C@]4(C)[C@H]3CC[C@]12C. The molecule has 4 nitrogen and oxygen atoms in total. The number of aliphatic hydroxyl groups excluding tert-OH is 1. The summed E-state index contributed by atoms with van der Waals surface area (Å²) in [5.74, 6) is -0.106. The Bertz CT molecular complexity index is 725. The predicted octanol–water partition coefficient (Wildman–Crippen LogP) is 4.25. The van der Waals surface area contributed by atoms with Crippen molar-refractivity contribution in [2.45, 2.75) is 90.5 Å². The molecule has 0 bridgehead atoms. The molecule has 0 radical (unpaired) electrons. The Labute approximate surface area is 176 Å². The van der Waals surface area contributed by atoms with Crippen LogP contribution in [0.25, 0.3) is 0 Å². The highest BCUT2D eigenvalue weighted by atomic mass is 19.4. The highest BCUT2D eigenvalue weighted by Gasteiger charge is 2.63. The number of carbonyl (C=O) groups is 2. The fourth-order valence-corrected chi connectivity index (χ4v) is 8.38. The topological polar surface area (TPSA) is 66.4 Å². The second-order valence-corrected chi connectivity index (χ2v) is 11.0. The van der Waals surface area contributed by atoms with E-state index in [4.69, 9.17) is 0 Å². The van der Waals surface area contributed by atoms with Crippen molar-refractivity contribution in [1.82, 2.24) is 5.32 Å². The molecule has 0 spiro atoms. The zero-order chi connectivity index (χ0) is 22.1. The van der Waals surface area contributed by atoms with Crippen molar-refractivity contribution in [2.24, 2.45) is 40.4 Å². The number of fused-ring (bicyclic) bond motifs is 5. The van der Waals surface area contributed by atoms with Gasteiger partial charge in [0.05, 0.1) is 6.10 Å². The molecule has 0 aromatic rings. The lowest BCUT2D eigenvalue weighted by molar-refractivity contribution is -0.182. The summed E-state index contributed by atoms with van der Waals surface area (Å²) in [5, 5.41) is 13.3. The Hall–Kier alpha value is -1.11. The average Bonchev–Trinajstić information content (AvgIpc) is 2.99. The Morgan fingerprint density at radius 2 is 1.70 bits per heavy atom. The molecule has 7 heteroatoms. The highest BCUT2D eigenvalue weighted by molar-refractivity contribution is 5.82. The van der Waals surface area contributed by atoms with E-state index >= 15 is 0 Å². The minimum absolute atomic E-state index is 0.0407. The smallest absolute Gasteiger partial charge is 0.392 e. The van der Waals surface area contributed by atoms with Crippen LogP contribution in [0, 0.1) is 40.4 Å². The van der Waals surface area contributed by atoms with Crippen molar-refractivity contribution in [1.29, 1.82) is 0 Å². The van der Waals surface area contributed by atoms with Crippen LogP contribution in [0.5, 0.6) is 0 Å². The predicted molar refractivity (Wildman–Crippen MR) is 105 cm³/mol. The van der Waals surface area contributed by atoms with Crippen molar-refractivity contribution in [3.05, 3.63) is 0 Å². The van der Waals surface area contributed by atoms with Gasteiger partial charge in [0, 0.05) is 12.0 Å². The van der Waals surface area contributed by atoms with Crippen LogP contribution >= 0.6 is 0 Å². The summed E-state index contributed by atoms with van der Waals surface area (Å²) >= 11 is 0. The molecule has 4 saturated carbocycles. The Morgan fingerprint density at radius 3 is 2.33 bits per heavy atom. The molecule has 9 atom stereocenters. The monoisotopic (exact) mass is 429 g/mol. The molecule has 0 aliphatic heterocycles. The van der Waals surface area contributed by atoms with Gasteiger partial charge < -0.3 is 10.4 Å². The van der Waals surface area contributed by atoms with Crippen LogP contribution in [-0.2, 0) is 9.59 Å². The Kier molecular flexibility index (Phi) is 5.31. The van der Waals surface area contributed by atoms with Gasteiger partial charge in [-0.3, -0.25) is 9.59 Å². The van der Waals surface area contributed by atoms with Gasteiger partial charge in [-0.25, -0.2) is 0 Å². The summed E-state index contributed by atoms with van der Waals surface area (Å²) in [6, 6.07) is -0.633. The molecular formula is C23H34F3NO3. The highest BCUT2D eigenvalue weighted by Crippen LogP contribution is 2.67. The van der Waals surface area contributed by atoms with E-state index in [1.165, 1.54) is 0 Å². The lowest BCUT2D eigenvalue weighted by atomic mass is 9.44. The normalized spacial score (nSPS) is 48.3. The van der Waals surface area contributed by atoms with Gasteiger partial charge in [-0.05, 0) is 92.8 Å². The van der Waals surface area contributed by atoms with E-state index < -0.39 is 24.2 Å². The number of hydrogen-bond donors (Lipinski definition) is 2. The van der Waals surface area contributed by atoms with Crippen LogP contribution < -0.4 is 5.32 Å². The first-order valence-electron chi connectivity index (χ1n) is 11.4. The molecule has 4 fully saturated rings. The fourth-order valence-electron chi connectivity index (χ4n) is 8.38. The molecule has 3 unspecified atom stereocenters. The van der Waals surface area contributed by atoms with Gasteiger partial charge in [0.2, 0.25) is 0 Å². The molecule has 2 N–H and O–H groups in total. The van der Waals surface area contributed by atoms with Gasteiger partial charge in [0.15, 0.2) is 0 Å². The third kappa shape index (κ3) is 3.21. The molecule has 0 aromatic carbocycles. The maximum absolute atomic E-state index is 12.7. The molecule has 4 aliphatic rings. The molecular weight excluding hydrogens is 395 g/mol. The van der Waals surface area contributed by atoms with Crippen LogP contribution in [-0.4, -0.2) is 35.1 Å². The quantitative estimate of drug-likeness (QED) is 0.690. The van der Waals surface area contributed by atoms with E-state index in [0.29, 0.717) is 30.0 Å². The number of halogens is 3. The zero-order valence-corrected chi connectivity index (χ0v) is 18.1. The number of aliphatic hydroxyl groups is 1. The van der Waals surface area contributed by atoms with Crippen molar-refractivity contribution >= 4 is 11.7 Å². The molecule has 0 heterocycles. The van der Waals surface area contributed by atoms with Gasteiger partial charge >= 0.3 is 12.1 Å². The van der Waals surface area contributed by atoms with E-state index in [9.17, 15) is 27.9 Å². The number of rotatable bonds is 2. The summed E-state index contributed by atoms with van der Waals surface area (Å²) in [5.41, 5.74) is -0.295. The first-order chi connectivity index (χ1) is 13.9. The van der Waals surface area contributed by atoms with Gasteiger partial charge in [-0.2, -0.15) is 13.2 Å². The van der Waals surface area contributed by atoms with Gasteiger partial charge in [-0.15, -0.1) is 0 Å². The maximum atomic E-state index is 12.7. The van der Waals surface area contributed by atoms with Gasteiger partial charge in [0.25, 0.3) is 0 Å². The number of Topliss-reactive ketones (excluding diaryl/α,β-unsaturated/α-hetero) is 1. The van der Waals surface area contributed by atoms with Crippen molar-refractivity contribution in [2.75, 3.05) is 0 Å². The largest absolute Gasteiger partial charge is 0.471 e. The molecule has 1 amide bonds. The summed E-state index contributed by atoms with van der Waals surface area (Å²) in [7, 11) is 0. The minimum Gasteiger partial charge on any atom is -0.392 e. The lowest BCUT2D eigenvalue weighted by Gasteiger charge is -2.62. The van der Waals surface area contributed by atoms with Crippen molar-refractivity contribution in [3.63, 3.8) is 0 Å². The first-order valence-corrected chi connectivity index (χ1v) is 11.4. The van der Waals surface area contributed by atoms with Crippen LogP contribution in [0.2, 0.25) is 0 Å². The molecule has 170 valence electrons. The summed E-state index contributed by atoms with van der Waals surface area (Å²) in [6.07, 6.45) is 0.873. The maximum Gasteiger partial charge on any atom is 0.471 e. The zero-order valence-electron chi connectivity index (χ0n) is 18.1. The van der Waals surface area contributed by atoms with E-state index in [-0.39, 0.29) is 29.1 Å². The Morgan fingerprint density at radius 1 is 1.00 bits per heavy atom. The second kappa shape index (κ2) is 7.21. The van der Waals surface area contributed by atoms with E-state index in [1.54, 1.807) is 6.92 Å². The number of amides is 1. The van der Waals surface area contributed by atoms with Crippen LogP contribution in [0.15, 0.2) is 0 Å². The number of hydrogen-bond acceptors (Lipinski definition) is 3. The minimum atomic E-state index is -4.90. The van der Waals surface area contributed by atoms with E-state index in [2.05, 4.69) is 19.2 Å². The molecule has 4 aliphatic carbocycles. The number of nitrogens with one attached hydrogen (secondary N) is 1. The van der Waals surface area contributed by atoms with E-state index in [1.807, 2.05) is 0 Å². The van der Waals surface area contributed by atoms with Gasteiger partial charge in [-0.1, -0.05) is 13.8 Å². The first kappa shape index (κ1) is 22.1. The summed E-state index contributed by atoms with van der Waals surface area (Å²) in [6.45, 7) is 6.12. The van der Waals surface area contributed by atoms with Crippen LogP contribution in [0.4, 0.5) is 13.2 Å². The molecule has 0 saturated heterocycles. The third-order valence-corrected chi connectivity index (χ3v) is 9.84. The number of carbonyl (C=O) groups excluding carboxylic acids is 2. The second-order valence-electron chi connectivity index (χ2n) is 11.0. The van der Waals surface area contributed by atoms with Gasteiger partial charge in [0.1, 0.15) is 5.78 Å². The lowest BCUT2D eigenvalue weighted by Crippen LogP contribution is -2.61. The fraction of sp³-hybridized carbons (Fsp3) is 0.913. The third-order valence-electron chi connectivity index (χ3n) is 9.84. The molecule has 30 heavy (non-hydrogen) atoms. The average molecular weight is 430 g/mol. The van der Waals surface area contributed by atoms with E-state index in [0.717, 1.165) is 38.5 Å². The van der Waals surface area contributed by atoms with Crippen LogP contribution in [0.1, 0.15) is 72.1 Å². The Balaban J connectivity index is 1.53. The van der Waals surface area contributed by atoms with Crippen molar-refractivity contribution < 1.29 is 27.9 Å². The molecule has 4 rings (SSSR count). The number of alkyl halides is 3.